The second-order valence-electron chi connectivity index (χ2n) is 7.45. The summed E-state index contributed by atoms with van der Waals surface area (Å²) >= 11 is 1.60. The van der Waals surface area contributed by atoms with Gasteiger partial charge in [0.25, 0.3) is 0 Å². The van der Waals surface area contributed by atoms with E-state index in [1.807, 2.05) is 10.9 Å². The molecule has 0 saturated carbocycles. The summed E-state index contributed by atoms with van der Waals surface area (Å²) in [6, 6.07) is 10.7. The monoisotopic (exact) mass is 488 g/mol. The number of alkyl halides is 3. The Morgan fingerprint density at radius 1 is 1.06 bits per heavy atom. The molecule has 2 aromatic carbocycles. The van der Waals surface area contributed by atoms with E-state index in [4.69, 9.17) is 4.42 Å². The van der Waals surface area contributed by atoms with Gasteiger partial charge in [0.15, 0.2) is 0 Å². The van der Waals surface area contributed by atoms with Crippen molar-refractivity contribution < 1.29 is 22.0 Å². The van der Waals surface area contributed by atoms with Gasteiger partial charge in [-0.1, -0.05) is 23.4 Å². The minimum Gasteiger partial charge on any atom is -0.445 e. The van der Waals surface area contributed by atoms with Gasteiger partial charge in [0, 0.05) is 35.0 Å². The van der Waals surface area contributed by atoms with Gasteiger partial charge >= 0.3 is 6.18 Å². The Morgan fingerprint density at radius 3 is 2.59 bits per heavy atom. The van der Waals surface area contributed by atoms with Crippen LogP contribution in [0.3, 0.4) is 0 Å². The van der Waals surface area contributed by atoms with Crippen LogP contribution < -0.4 is 0 Å². The molecule has 0 aliphatic carbocycles. The summed E-state index contributed by atoms with van der Waals surface area (Å²) in [7, 11) is 0. The molecule has 176 valence electrons. The van der Waals surface area contributed by atoms with Crippen molar-refractivity contribution in [2.75, 3.05) is 0 Å². The van der Waals surface area contributed by atoms with Crippen LogP contribution in [-0.2, 0) is 24.9 Å². The molecule has 0 amide bonds. The summed E-state index contributed by atoms with van der Waals surface area (Å²) in [4.78, 5) is 5.41. The van der Waals surface area contributed by atoms with Gasteiger partial charge < -0.3 is 4.42 Å². The number of rotatable bonds is 9. The maximum Gasteiger partial charge on any atom is 0.416 e. The van der Waals surface area contributed by atoms with E-state index in [2.05, 4.69) is 39.6 Å². The number of hydrogen-bond acceptors (Lipinski definition) is 5. The van der Waals surface area contributed by atoms with E-state index < -0.39 is 17.6 Å². The summed E-state index contributed by atoms with van der Waals surface area (Å²) in [6.07, 6.45) is 5.11. The average Bonchev–Trinajstić information content (AvgIpc) is 3.49. The van der Waals surface area contributed by atoms with E-state index in [-0.39, 0.29) is 11.5 Å². The number of hydrogen-bond donors (Lipinski definition) is 0. The van der Waals surface area contributed by atoms with E-state index in [9.17, 15) is 17.6 Å². The van der Waals surface area contributed by atoms with Gasteiger partial charge in [-0.25, -0.2) is 9.37 Å². The van der Waals surface area contributed by atoms with Crippen molar-refractivity contribution in [2.24, 2.45) is 0 Å². The molecule has 4 aromatic rings. The highest BCUT2D eigenvalue weighted by Crippen LogP contribution is 2.30. The van der Waals surface area contributed by atoms with E-state index in [0.717, 1.165) is 36.4 Å². The quantitative estimate of drug-likeness (QED) is 0.198. The molecule has 0 radical (unpaired) electrons. The van der Waals surface area contributed by atoms with Crippen molar-refractivity contribution in [3.8, 4) is 0 Å². The molecule has 34 heavy (non-hydrogen) atoms. The standard InChI is InChI=1S/C24H20F4N4OS/c25-22-14-19(24(26,27)28)7-5-18(22)6-10-23-30-20(15-33-23)16-34-21-8-3-17(4-9-21)2-1-12-32-13-11-29-31-32/h3-11,13-15H,1-2,12,16H2. The highest BCUT2D eigenvalue weighted by molar-refractivity contribution is 7.98. The second kappa shape index (κ2) is 10.7. The normalized spacial score (nSPS) is 12.0. The highest BCUT2D eigenvalue weighted by atomic mass is 32.2. The summed E-state index contributed by atoms with van der Waals surface area (Å²) in [5.41, 5.74) is 0.934. The zero-order chi connectivity index (χ0) is 24.0. The summed E-state index contributed by atoms with van der Waals surface area (Å²) in [5.74, 6) is -0.134. The molecule has 0 atom stereocenters. The second-order valence-corrected chi connectivity index (χ2v) is 8.50. The van der Waals surface area contributed by atoms with E-state index in [1.54, 1.807) is 18.0 Å². The first kappa shape index (κ1) is 23.7. The third kappa shape index (κ3) is 6.57. The third-order valence-electron chi connectivity index (χ3n) is 4.94. The number of aryl methyl sites for hydroxylation is 2. The minimum atomic E-state index is -4.59. The molecule has 0 spiro atoms. The Hall–Kier alpha value is -3.40. The number of benzene rings is 2. The molecule has 0 fully saturated rings. The molecule has 0 unspecified atom stereocenters. The molecule has 0 N–H and O–H groups in total. The van der Waals surface area contributed by atoms with Crippen LogP contribution in [0, 0.1) is 5.82 Å². The van der Waals surface area contributed by atoms with Gasteiger partial charge in [0.1, 0.15) is 12.1 Å². The lowest BCUT2D eigenvalue weighted by atomic mass is 10.1. The maximum absolute atomic E-state index is 13.9. The van der Waals surface area contributed by atoms with Crippen molar-refractivity contribution in [1.82, 2.24) is 20.0 Å². The SMILES string of the molecule is Fc1cc(C(F)(F)F)ccc1C=Cc1nc(CSc2ccc(CCCn3ccnn3)cc2)co1. The van der Waals surface area contributed by atoms with E-state index in [0.29, 0.717) is 17.5 Å². The molecule has 0 bridgehead atoms. The fraction of sp³-hybridized carbons (Fsp3) is 0.208. The summed E-state index contributed by atoms with van der Waals surface area (Å²) < 4.78 is 59.1. The van der Waals surface area contributed by atoms with Crippen LogP contribution in [0.25, 0.3) is 12.2 Å². The van der Waals surface area contributed by atoms with Gasteiger partial charge in [-0.05, 0) is 48.7 Å². The lowest BCUT2D eigenvalue weighted by Gasteiger charge is -2.07. The van der Waals surface area contributed by atoms with Crippen LogP contribution in [-0.4, -0.2) is 20.0 Å². The van der Waals surface area contributed by atoms with Gasteiger partial charge in [-0.3, -0.25) is 4.68 Å². The predicted molar refractivity (Wildman–Crippen MR) is 121 cm³/mol. The number of thioether (sulfide) groups is 1. The zero-order valence-corrected chi connectivity index (χ0v) is 18.7. The number of aromatic nitrogens is 4. The van der Waals surface area contributed by atoms with Gasteiger partial charge in [-0.2, -0.15) is 13.2 Å². The van der Waals surface area contributed by atoms with Crippen molar-refractivity contribution in [1.29, 1.82) is 0 Å². The fourth-order valence-electron chi connectivity index (χ4n) is 3.17. The van der Waals surface area contributed by atoms with E-state index >= 15 is 0 Å². The predicted octanol–water partition coefficient (Wildman–Crippen LogP) is 6.52. The molecule has 0 aliphatic rings. The van der Waals surface area contributed by atoms with Crippen molar-refractivity contribution in [3.63, 3.8) is 0 Å². The third-order valence-corrected chi connectivity index (χ3v) is 5.98. The summed E-state index contributed by atoms with van der Waals surface area (Å²) in [6.45, 7) is 0.824. The molecule has 2 aromatic heterocycles. The first-order valence-corrected chi connectivity index (χ1v) is 11.4. The zero-order valence-electron chi connectivity index (χ0n) is 17.9. The molecular weight excluding hydrogens is 468 g/mol. The Morgan fingerprint density at radius 2 is 1.88 bits per heavy atom. The van der Waals surface area contributed by atoms with Crippen LogP contribution in [0.5, 0.6) is 0 Å². The lowest BCUT2D eigenvalue weighted by molar-refractivity contribution is -0.137. The topological polar surface area (TPSA) is 56.7 Å². The van der Waals surface area contributed by atoms with Crippen LogP contribution >= 0.6 is 11.8 Å². The van der Waals surface area contributed by atoms with Crippen LogP contribution in [0.15, 0.2) is 70.4 Å². The van der Waals surface area contributed by atoms with Crippen LogP contribution in [0.4, 0.5) is 17.6 Å². The molecule has 0 saturated heterocycles. The Kier molecular flexibility index (Phi) is 7.46. The largest absolute Gasteiger partial charge is 0.445 e. The maximum atomic E-state index is 13.9. The first-order chi connectivity index (χ1) is 16.4. The fourth-order valence-corrected chi connectivity index (χ4v) is 3.95. The van der Waals surface area contributed by atoms with Crippen molar-refractivity contribution in [2.45, 2.75) is 36.2 Å². The Balaban J connectivity index is 1.27. The minimum absolute atomic E-state index is 0.0171. The average molecular weight is 489 g/mol. The summed E-state index contributed by atoms with van der Waals surface area (Å²) in [5, 5.41) is 7.74. The lowest BCUT2D eigenvalue weighted by Crippen LogP contribution is -2.05. The van der Waals surface area contributed by atoms with Crippen LogP contribution in [0.2, 0.25) is 0 Å². The number of oxazole rings is 1. The number of nitrogens with zero attached hydrogens (tertiary/aromatic N) is 4. The molecule has 10 heteroatoms. The van der Waals surface area contributed by atoms with Gasteiger partial charge in [0.2, 0.25) is 5.89 Å². The molecular formula is C24H20F4N4OS. The van der Waals surface area contributed by atoms with Crippen molar-refractivity contribution in [3.05, 3.63) is 95.2 Å². The highest BCUT2D eigenvalue weighted by Gasteiger charge is 2.30. The molecule has 0 aliphatic heterocycles. The molecule has 2 heterocycles. The molecule has 5 nitrogen and oxygen atoms in total. The Bertz CT molecular complexity index is 1230. The van der Waals surface area contributed by atoms with Crippen LogP contribution in [0.1, 0.15) is 34.7 Å². The van der Waals surface area contributed by atoms with Gasteiger partial charge in [-0.15, -0.1) is 16.9 Å². The molecule has 4 rings (SSSR count). The van der Waals surface area contributed by atoms with E-state index in [1.165, 1.54) is 24.0 Å². The van der Waals surface area contributed by atoms with Crippen molar-refractivity contribution >= 4 is 23.9 Å². The first-order valence-electron chi connectivity index (χ1n) is 10.4. The Labute approximate surface area is 197 Å². The number of halogens is 4. The smallest absolute Gasteiger partial charge is 0.416 e. The van der Waals surface area contributed by atoms with Gasteiger partial charge in [0.05, 0.1) is 17.5 Å².